The zero-order chi connectivity index (χ0) is 15.3. The van der Waals surface area contributed by atoms with Crippen LogP contribution in [0.5, 0.6) is 0 Å². The second-order valence-corrected chi connectivity index (χ2v) is 5.24. The molecule has 2 atom stereocenters. The highest BCUT2D eigenvalue weighted by Gasteiger charge is 2.27. The lowest BCUT2D eigenvalue weighted by Crippen LogP contribution is -2.45. The highest BCUT2D eigenvalue weighted by Crippen LogP contribution is 2.12. The van der Waals surface area contributed by atoms with Crippen LogP contribution in [0.1, 0.15) is 41.8 Å². The number of aryl methyl sites for hydroxylation is 2. The van der Waals surface area contributed by atoms with Crippen LogP contribution < -0.4 is 5.32 Å². The van der Waals surface area contributed by atoms with Gasteiger partial charge in [0.2, 0.25) is 0 Å². The lowest BCUT2D eigenvalue weighted by Gasteiger charge is -2.22. The second kappa shape index (κ2) is 7.08. The molecule has 110 valence electrons. The third kappa shape index (κ3) is 4.08. The number of amides is 1. The molecule has 0 aliphatic heterocycles. The molecule has 0 radical (unpaired) electrons. The summed E-state index contributed by atoms with van der Waals surface area (Å²) in [5, 5.41) is 2.78. The van der Waals surface area contributed by atoms with Gasteiger partial charge in [0.15, 0.2) is 0 Å². The van der Waals surface area contributed by atoms with Crippen LogP contribution in [0.4, 0.5) is 0 Å². The molecular formula is C16H23NO3. The molecule has 4 nitrogen and oxygen atoms in total. The van der Waals surface area contributed by atoms with Crippen molar-refractivity contribution >= 4 is 11.9 Å². The van der Waals surface area contributed by atoms with Gasteiger partial charge in [0.25, 0.3) is 5.91 Å². The molecule has 0 saturated heterocycles. The fraction of sp³-hybridized carbons (Fsp3) is 0.500. The average molecular weight is 277 g/mol. The molecule has 0 spiro atoms. The molecule has 0 unspecified atom stereocenters. The van der Waals surface area contributed by atoms with E-state index >= 15 is 0 Å². The van der Waals surface area contributed by atoms with Crippen molar-refractivity contribution in [1.29, 1.82) is 0 Å². The lowest BCUT2D eigenvalue weighted by molar-refractivity contribution is -0.144. The van der Waals surface area contributed by atoms with Gasteiger partial charge in [0.05, 0.1) is 7.11 Å². The Labute approximate surface area is 120 Å². The maximum absolute atomic E-state index is 12.3. The van der Waals surface area contributed by atoms with Crippen molar-refractivity contribution in [2.75, 3.05) is 7.11 Å². The molecule has 0 aliphatic rings. The number of nitrogens with one attached hydrogen (secondary N) is 1. The van der Waals surface area contributed by atoms with Crippen LogP contribution in [0.25, 0.3) is 0 Å². The van der Waals surface area contributed by atoms with Gasteiger partial charge in [0.1, 0.15) is 6.04 Å². The van der Waals surface area contributed by atoms with E-state index in [1.807, 2.05) is 45.9 Å². The molecule has 20 heavy (non-hydrogen) atoms. The number of ether oxygens (including phenoxy) is 1. The van der Waals surface area contributed by atoms with E-state index in [1.54, 1.807) is 0 Å². The minimum absolute atomic E-state index is 0.0253. The van der Waals surface area contributed by atoms with Gasteiger partial charge >= 0.3 is 5.97 Å². The first kappa shape index (κ1) is 16.2. The smallest absolute Gasteiger partial charge is 0.328 e. The van der Waals surface area contributed by atoms with Crippen molar-refractivity contribution in [3.63, 3.8) is 0 Å². The molecular weight excluding hydrogens is 254 g/mol. The number of benzene rings is 1. The Morgan fingerprint density at radius 3 is 2.20 bits per heavy atom. The first-order valence-electron chi connectivity index (χ1n) is 6.86. The minimum Gasteiger partial charge on any atom is -0.467 e. The molecule has 4 heteroatoms. The van der Waals surface area contributed by atoms with E-state index in [9.17, 15) is 9.59 Å². The predicted molar refractivity (Wildman–Crippen MR) is 78.6 cm³/mol. The minimum atomic E-state index is -0.613. The van der Waals surface area contributed by atoms with Gasteiger partial charge in [-0.25, -0.2) is 4.79 Å². The molecule has 1 rings (SSSR count). The van der Waals surface area contributed by atoms with E-state index in [0.717, 1.165) is 17.5 Å². The summed E-state index contributed by atoms with van der Waals surface area (Å²) >= 11 is 0. The Kier molecular flexibility index (Phi) is 5.74. The number of carbonyl (C=O) groups is 2. The van der Waals surface area contributed by atoms with Gasteiger partial charge in [-0.05, 0) is 31.9 Å². The van der Waals surface area contributed by atoms with E-state index in [1.165, 1.54) is 7.11 Å². The normalized spacial score (nSPS) is 13.4. The third-order valence-electron chi connectivity index (χ3n) is 3.44. The Bertz CT molecular complexity index is 476. The van der Waals surface area contributed by atoms with Crippen LogP contribution in [-0.2, 0) is 9.53 Å². The molecule has 1 N–H and O–H groups in total. The summed E-state index contributed by atoms with van der Waals surface area (Å²) in [7, 11) is 1.33. The van der Waals surface area contributed by atoms with Gasteiger partial charge in [0, 0.05) is 5.56 Å². The fourth-order valence-corrected chi connectivity index (χ4v) is 2.13. The van der Waals surface area contributed by atoms with Crippen molar-refractivity contribution in [2.45, 2.75) is 40.2 Å². The molecule has 0 aromatic heterocycles. The monoisotopic (exact) mass is 277 g/mol. The highest BCUT2D eigenvalue weighted by atomic mass is 16.5. The Hall–Kier alpha value is -1.84. The second-order valence-electron chi connectivity index (χ2n) is 5.24. The summed E-state index contributed by atoms with van der Waals surface area (Å²) in [6.07, 6.45) is 0.785. The number of hydrogen-bond acceptors (Lipinski definition) is 3. The number of hydrogen-bond donors (Lipinski definition) is 1. The van der Waals surface area contributed by atoms with E-state index in [4.69, 9.17) is 4.74 Å². The van der Waals surface area contributed by atoms with E-state index in [0.29, 0.717) is 5.56 Å². The fourth-order valence-electron chi connectivity index (χ4n) is 2.13. The van der Waals surface area contributed by atoms with Crippen molar-refractivity contribution < 1.29 is 14.3 Å². The largest absolute Gasteiger partial charge is 0.467 e. The number of esters is 1. The molecule has 1 amide bonds. The maximum Gasteiger partial charge on any atom is 0.328 e. The Morgan fingerprint density at radius 2 is 1.75 bits per heavy atom. The van der Waals surface area contributed by atoms with Crippen molar-refractivity contribution in [3.05, 3.63) is 34.9 Å². The van der Waals surface area contributed by atoms with Crippen LogP contribution in [0, 0.1) is 19.8 Å². The summed E-state index contributed by atoms with van der Waals surface area (Å²) in [6.45, 7) is 7.78. The maximum atomic E-state index is 12.3. The van der Waals surface area contributed by atoms with Gasteiger partial charge in [-0.3, -0.25) is 4.79 Å². The summed E-state index contributed by atoms with van der Waals surface area (Å²) in [6, 6.07) is 5.02. The van der Waals surface area contributed by atoms with Crippen LogP contribution in [0.3, 0.4) is 0 Å². The summed E-state index contributed by atoms with van der Waals surface area (Å²) < 4.78 is 4.77. The summed E-state index contributed by atoms with van der Waals surface area (Å²) in [4.78, 5) is 24.1. The van der Waals surface area contributed by atoms with E-state index < -0.39 is 12.0 Å². The third-order valence-corrected chi connectivity index (χ3v) is 3.44. The van der Waals surface area contributed by atoms with E-state index in [-0.39, 0.29) is 11.8 Å². The lowest BCUT2D eigenvalue weighted by atomic mass is 9.98. The van der Waals surface area contributed by atoms with E-state index in [2.05, 4.69) is 5.32 Å². The average Bonchev–Trinajstić information content (AvgIpc) is 2.41. The molecule has 1 aromatic carbocycles. The molecule has 0 aliphatic carbocycles. The van der Waals surface area contributed by atoms with Crippen LogP contribution in [0.15, 0.2) is 18.2 Å². The van der Waals surface area contributed by atoms with Crippen molar-refractivity contribution in [2.24, 2.45) is 5.92 Å². The predicted octanol–water partition coefficient (Wildman–Crippen LogP) is 2.62. The number of rotatable bonds is 5. The van der Waals surface area contributed by atoms with Crippen LogP contribution in [-0.4, -0.2) is 25.0 Å². The topological polar surface area (TPSA) is 55.4 Å². The van der Waals surface area contributed by atoms with Gasteiger partial charge in [-0.1, -0.05) is 37.5 Å². The van der Waals surface area contributed by atoms with Gasteiger partial charge < -0.3 is 10.1 Å². The Morgan fingerprint density at radius 1 is 1.20 bits per heavy atom. The van der Waals surface area contributed by atoms with Crippen molar-refractivity contribution in [3.8, 4) is 0 Å². The molecule has 1 aromatic rings. The van der Waals surface area contributed by atoms with Gasteiger partial charge in [-0.15, -0.1) is 0 Å². The molecule has 0 saturated carbocycles. The zero-order valence-corrected chi connectivity index (χ0v) is 12.8. The first-order valence-corrected chi connectivity index (χ1v) is 6.86. The quantitative estimate of drug-likeness (QED) is 0.842. The highest BCUT2D eigenvalue weighted by molar-refractivity contribution is 5.97. The Balaban J connectivity index is 2.93. The van der Waals surface area contributed by atoms with Crippen LogP contribution >= 0.6 is 0 Å². The molecule has 0 bridgehead atoms. The number of methoxy groups -OCH3 is 1. The van der Waals surface area contributed by atoms with Gasteiger partial charge in [-0.2, -0.15) is 0 Å². The standard InChI is InChI=1S/C16H23NO3/c1-6-12(4)14(16(19)20-5)17-15(18)13-8-10(2)7-11(3)9-13/h7-9,12,14H,6H2,1-5H3,(H,17,18)/t12-,14-/m0/s1. The zero-order valence-electron chi connectivity index (χ0n) is 12.8. The SMILES string of the molecule is CC[C@H](C)[C@H](NC(=O)c1cc(C)cc(C)c1)C(=O)OC. The summed E-state index contributed by atoms with van der Waals surface area (Å²) in [5.74, 6) is -0.623. The van der Waals surface area contributed by atoms with Crippen molar-refractivity contribution in [1.82, 2.24) is 5.32 Å². The first-order chi connectivity index (χ1) is 9.38. The number of carbonyl (C=O) groups excluding carboxylic acids is 2. The van der Waals surface area contributed by atoms with Crippen LogP contribution in [0.2, 0.25) is 0 Å². The molecule has 0 heterocycles. The summed E-state index contributed by atoms with van der Waals surface area (Å²) in [5.41, 5.74) is 2.61. The molecule has 0 fully saturated rings.